The number of nitrogens with zero attached hydrogens (tertiary/aromatic N) is 2. The van der Waals surface area contributed by atoms with Gasteiger partial charge < -0.3 is 15.2 Å². The molecule has 2 fully saturated rings. The van der Waals surface area contributed by atoms with Gasteiger partial charge in [-0.2, -0.15) is 0 Å². The van der Waals surface area contributed by atoms with Gasteiger partial charge in [-0.1, -0.05) is 31.4 Å². The van der Waals surface area contributed by atoms with Gasteiger partial charge in [0.15, 0.2) is 0 Å². The number of aromatic nitrogens is 2. The van der Waals surface area contributed by atoms with Crippen molar-refractivity contribution in [3.8, 4) is 0 Å². The Morgan fingerprint density at radius 2 is 1.75 bits per heavy atom. The molecule has 4 rings (SSSR count). The summed E-state index contributed by atoms with van der Waals surface area (Å²) in [7, 11) is 0. The summed E-state index contributed by atoms with van der Waals surface area (Å²) in [5, 5.41) is 2.83. The maximum atomic E-state index is 12.5. The zero-order chi connectivity index (χ0) is 19.5. The molecule has 28 heavy (non-hydrogen) atoms. The standard InChI is InChI=1S/C21H28N4O3/c26-19(14-22-20(27)15-6-2-1-3-7-15)24-12-10-16(11-13-24)25-18-9-5-4-8-17(18)23-21(25)28/h4-5,8-9,15-16H,1-3,6-7,10-14H2,(H,22,27)(H,23,28). The fraction of sp³-hybridized carbons (Fsp3) is 0.571. The molecule has 2 aliphatic rings. The summed E-state index contributed by atoms with van der Waals surface area (Å²) in [5.41, 5.74) is 1.67. The van der Waals surface area contributed by atoms with Gasteiger partial charge in [0.25, 0.3) is 0 Å². The van der Waals surface area contributed by atoms with E-state index in [1.807, 2.05) is 28.8 Å². The molecule has 1 aromatic heterocycles. The predicted octanol–water partition coefficient (Wildman–Crippen LogP) is 2.19. The summed E-state index contributed by atoms with van der Waals surface area (Å²) in [6, 6.07) is 7.78. The molecule has 0 bridgehead atoms. The van der Waals surface area contributed by atoms with Crippen molar-refractivity contribution < 1.29 is 9.59 Å². The van der Waals surface area contributed by atoms with E-state index in [2.05, 4.69) is 10.3 Å². The quantitative estimate of drug-likeness (QED) is 0.847. The molecule has 2 heterocycles. The number of hydrogen-bond acceptors (Lipinski definition) is 3. The van der Waals surface area contributed by atoms with Crippen LogP contribution in [0.4, 0.5) is 0 Å². The topological polar surface area (TPSA) is 87.2 Å². The van der Waals surface area contributed by atoms with Crippen LogP contribution >= 0.6 is 0 Å². The van der Waals surface area contributed by atoms with Gasteiger partial charge in [0.05, 0.1) is 17.6 Å². The zero-order valence-electron chi connectivity index (χ0n) is 16.2. The first kappa shape index (κ1) is 18.8. The number of benzene rings is 1. The first-order chi connectivity index (χ1) is 13.6. The van der Waals surface area contributed by atoms with Crippen molar-refractivity contribution in [1.82, 2.24) is 19.8 Å². The SMILES string of the molecule is O=C(NCC(=O)N1CCC(n2c(=O)[nH]c3ccccc32)CC1)C1CCCCC1. The minimum Gasteiger partial charge on any atom is -0.347 e. The van der Waals surface area contributed by atoms with Crippen LogP contribution in [-0.4, -0.2) is 45.9 Å². The van der Waals surface area contributed by atoms with Gasteiger partial charge in [-0.15, -0.1) is 0 Å². The van der Waals surface area contributed by atoms with Gasteiger partial charge in [0.1, 0.15) is 0 Å². The Morgan fingerprint density at radius 1 is 1.04 bits per heavy atom. The van der Waals surface area contributed by atoms with Crippen LogP contribution < -0.4 is 11.0 Å². The second-order valence-corrected chi connectivity index (χ2v) is 7.98. The number of aromatic amines is 1. The van der Waals surface area contributed by atoms with Crippen molar-refractivity contribution in [2.45, 2.75) is 51.0 Å². The summed E-state index contributed by atoms with van der Waals surface area (Å²) < 4.78 is 1.82. The van der Waals surface area contributed by atoms with E-state index in [1.165, 1.54) is 6.42 Å². The van der Waals surface area contributed by atoms with Crippen molar-refractivity contribution in [3.63, 3.8) is 0 Å². The Bertz CT molecular complexity index is 902. The van der Waals surface area contributed by atoms with Crippen molar-refractivity contribution in [2.75, 3.05) is 19.6 Å². The Labute approximate surface area is 164 Å². The molecule has 1 aromatic carbocycles. The van der Waals surface area contributed by atoms with E-state index >= 15 is 0 Å². The van der Waals surface area contributed by atoms with Crippen LogP contribution in [0, 0.1) is 5.92 Å². The molecule has 1 aliphatic heterocycles. The molecule has 2 amide bonds. The average Bonchev–Trinajstić information content (AvgIpc) is 3.08. The summed E-state index contributed by atoms with van der Waals surface area (Å²) in [6.07, 6.45) is 6.76. The smallest absolute Gasteiger partial charge is 0.326 e. The number of hydrogen-bond donors (Lipinski definition) is 2. The molecule has 0 atom stereocenters. The molecule has 150 valence electrons. The fourth-order valence-corrected chi connectivity index (χ4v) is 4.59. The Morgan fingerprint density at radius 3 is 2.50 bits per heavy atom. The number of imidazole rings is 1. The Balaban J connectivity index is 1.31. The number of para-hydroxylation sites is 2. The van der Waals surface area contributed by atoms with E-state index in [1.54, 1.807) is 4.90 Å². The predicted molar refractivity (Wildman–Crippen MR) is 107 cm³/mol. The van der Waals surface area contributed by atoms with Gasteiger partial charge in [0, 0.05) is 25.0 Å². The number of likely N-dealkylation sites (tertiary alicyclic amines) is 1. The first-order valence-corrected chi connectivity index (χ1v) is 10.4. The van der Waals surface area contributed by atoms with Crippen LogP contribution in [0.2, 0.25) is 0 Å². The summed E-state index contributed by atoms with van der Waals surface area (Å²) >= 11 is 0. The van der Waals surface area contributed by atoms with Crippen LogP contribution in [0.15, 0.2) is 29.1 Å². The molecule has 7 nitrogen and oxygen atoms in total. The molecule has 7 heteroatoms. The number of carbonyl (C=O) groups is 2. The number of amides is 2. The number of carbonyl (C=O) groups excluding carboxylic acids is 2. The van der Waals surface area contributed by atoms with Crippen molar-refractivity contribution in [2.24, 2.45) is 5.92 Å². The molecule has 1 saturated heterocycles. The average molecular weight is 384 g/mol. The monoisotopic (exact) mass is 384 g/mol. The highest BCUT2D eigenvalue weighted by Crippen LogP contribution is 2.25. The van der Waals surface area contributed by atoms with E-state index in [0.717, 1.165) is 49.6 Å². The Kier molecular flexibility index (Phi) is 5.50. The van der Waals surface area contributed by atoms with Crippen LogP contribution in [0.1, 0.15) is 51.0 Å². The number of rotatable bonds is 4. The second-order valence-electron chi connectivity index (χ2n) is 7.98. The van der Waals surface area contributed by atoms with Gasteiger partial charge in [0.2, 0.25) is 11.8 Å². The number of H-pyrrole nitrogens is 1. The molecular formula is C21H28N4O3. The molecular weight excluding hydrogens is 356 g/mol. The molecule has 0 unspecified atom stereocenters. The van der Waals surface area contributed by atoms with Gasteiger partial charge in [-0.05, 0) is 37.8 Å². The van der Waals surface area contributed by atoms with E-state index in [-0.39, 0.29) is 36.0 Å². The van der Waals surface area contributed by atoms with Crippen LogP contribution in [0.25, 0.3) is 11.0 Å². The van der Waals surface area contributed by atoms with Gasteiger partial charge in [-0.3, -0.25) is 14.2 Å². The van der Waals surface area contributed by atoms with Crippen molar-refractivity contribution >= 4 is 22.8 Å². The third-order valence-corrected chi connectivity index (χ3v) is 6.20. The number of nitrogens with one attached hydrogen (secondary N) is 2. The molecule has 0 radical (unpaired) electrons. The third-order valence-electron chi connectivity index (χ3n) is 6.20. The lowest BCUT2D eigenvalue weighted by Gasteiger charge is -2.32. The fourth-order valence-electron chi connectivity index (χ4n) is 4.59. The Hall–Kier alpha value is -2.57. The minimum atomic E-state index is -0.0919. The zero-order valence-corrected chi connectivity index (χ0v) is 16.2. The van der Waals surface area contributed by atoms with E-state index in [4.69, 9.17) is 0 Å². The lowest BCUT2D eigenvalue weighted by Crippen LogP contribution is -2.46. The molecule has 2 aromatic rings. The minimum absolute atomic E-state index is 0.0216. The number of piperidine rings is 1. The summed E-state index contributed by atoms with van der Waals surface area (Å²) in [6.45, 7) is 1.29. The highest BCUT2D eigenvalue weighted by atomic mass is 16.2. The van der Waals surface area contributed by atoms with Gasteiger partial charge in [-0.25, -0.2) is 4.79 Å². The van der Waals surface area contributed by atoms with E-state index in [0.29, 0.717) is 13.1 Å². The van der Waals surface area contributed by atoms with Crippen LogP contribution in [0.3, 0.4) is 0 Å². The van der Waals surface area contributed by atoms with Crippen LogP contribution in [-0.2, 0) is 9.59 Å². The maximum absolute atomic E-state index is 12.5. The summed E-state index contributed by atoms with van der Waals surface area (Å²) in [5.74, 6) is 0.0585. The highest BCUT2D eigenvalue weighted by molar-refractivity contribution is 5.86. The largest absolute Gasteiger partial charge is 0.347 e. The third kappa shape index (κ3) is 3.84. The molecule has 1 saturated carbocycles. The molecule has 1 aliphatic carbocycles. The second kappa shape index (κ2) is 8.20. The molecule has 2 N–H and O–H groups in total. The lowest BCUT2D eigenvalue weighted by atomic mass is 9.89. The first-order valence-electron chi connectivity index (χ1n) is 10.4. The summed E-state index contributed by atoms with van der Waals surface area (Å²) in [4.78, 5) is 41.8. The van der Waals surface area contributed by atoms with Crippen molar-refractivity contribution in [3.05, 3.63) is 34.7 Å². The highest BCUT2D eigenvalue weighted by Gasteiger charge is 2.27. The lowest BCUT2D eigenvalue weighted by molar-refractivity contribution is -0.135. The normalized spacial score (nSPS) is 19.1. The van der Waals surface area contributed by atoms with Gasteiger partial charge >= 0.3 is 5.69 Å². The number of fused-ring (bicyclic) bond motifs is 1. The van der Waals surface area contributed by atoms with Crippen LogP contribution in [0.5, 0.6) is 0 Å². The van der Waals surface area contributed by atoms with E-state index in [9.17, 15) is 14.4 Å². The maximum Gasteiger partial charge on any atom is 0.326 e. The van der Waals surface area contributed by atoms with E-state index < -0.39 is 0 Å². The van der Waals surface area contributed by atoms with Crippen molar-refractivity contribution in [1.29, 1.82) is 0 Å². The molecule has 0 spiro atoms.